The fourth-order valence-electron chi connectivity index (χ4n) is 2.44. The number of pyridine rings is 1. The van der Waals surface area contributed by atoms with Crippen LogP contribution in [0.2, 0.25) is 0 Å². The van der Waals surface area contributed by atoms with Gasteiger partial charge in [0.2, 0.25) is 0 Å². The third-order valence-corrected chi connectivity index (χ3v) is 3.46. The molecule has 2 unspecified atom stereocenters. The molecule has 2 aromatic rings. The molecule has 0 fully saturated rings. The summed E-state index contributed by atoms with van der Waals surface area (Å²) in [7, 11) is 0. The smallest absolute Gasteiger partial charge is 0.0750 e. The van der Waals surface area contributed by atoms with Crippen molar-refractivity contribution in [3.05, 3.63) is 42.1 Å². The lowest BCUT2D eigenvalue weighted by molar-refractivity contribution is 0.477. The van der Waals surface area contributed by atoms with Crippen molar-refractivity contribution in [2.24, 2.45) is 5.73 Å². The van der Waals surface area contributed by atoms with Gasteiger partial charge in [-0.05, 0) is 18.1 Å². The monoisotopic (exact) mass is 267 g/mol. The van der Waals surface area contributed by atoms with Crippen molar-refractivity contribution in [2.45, 2.75) is 31.8 Å². The van der Waals surface area contributed by atoms with Crippen LogP contribution >= 0.6 is 0 Å². The largest absolute Gasteiger partial charge is 0.329 e. The second kappa shape index (κ2) is 7.04. The van der Waals surface area contributed by atoms with Gasteiger partial charge in [0.05, 0.1) is 11.6 Å². The number of nitrogens with zero attached hydrogens (tertiary/aromatic N) is 1. The summed E-state index contributed by atoms with van der Waals surface area (Å²) in [6.45, 7) is 2.63. The van der Waals surface area contributed by atoms with E-state index in [-0.39, 0.29) is 12.1 Å². The zero-order valence-electron chi connectivity index (χ0n) is 11.8. The summed E-state index contributed by atoms with van der Waals surface area (Å²) in [4.78, 5) is 4.48. The third kappa shape index (κ3) is 3.16. The Hall–Kier alpha value is -1.89. The van der Waals surface area contributed by atoms with Crippen LogP contribution in [0.1, 0.15) is 31.4 Å². The molecule has 0 bridgehead atoms. The summed E-state index contributed by atoms with van der Waals surface area (Å²) in [5.74, 6) is 2.80. The van der Waals surface area contributed by atoms with Crippen LogP contribution in [-0.4, -0.2) is 17.6 Å². The predicted octanol–water partition coefficient (Wildman–Crippen LogP) is 2.63. The van der Waals surface area contributed by atoms with E-state index in [4.69, 9.17) is 12.2 Å². The van der Waals surface area contributed by atoms with E-state index in [1.807, 2.05) is 18.3 Å². The first kappa shape index (κ1) is 14.5. The van der Waals surface area contributed by atoms with E-state index in [2.05, 4.69) is 41.3 Å². The van der Waals surface area contributed by atoms with Crippen LogP contribution in [-0.2, 0) is 0 Å². The van der Waals surface area contributed by atoms with Crippen molar-refractivity contribution in [2.75, 3.05) is 6.54 Å². The van der Waals surface area contributed by atoms with E-state index in [0.29, 0.717) is 6.54 Å². The van der Waals surface area contributed by atoms with E-state index < -0.39 is 0 Å². The quantitative estimate of drug-likeness (QED) is 0.791. The molecule has 0 saturated heterocycles. The van der Waals surface area contributed by atoms with Crippen molar-refractivity contribution in [3.8, 4) is 12.3 Å². The molecule has 1 heterocycles. The molecule has 0 spiro atoms. The highest BCUT2D eigenvalue weighted by Gasteiger charge is 2.16. The lowest BCUT2D eigenvalue weighted by atomic mass is 10.0. The topological polar surface area (TPSA) is 50.9 Å². The van der Waals surface area contributed by atoms with E-state index in [0.717, 1.165) is 29.3 Å². The number of aromatic nitrogens is 1. The number of terminal acetylenes is 1. The van der Waals surface area contributed by atoms with Gasteiger partial charge in [0.25, 0.3) is 0 Å². The number of hydrogen-bond donors (Lipinski definition) is 2. The van der Waals surface area contributed by atoms with Gasteiger partial charge in [-0.15, -0.1) is 6.42 Å². The van der Waals surface area contributed by atoms with Gasteiger partial charge < -0.3 is 5.73 Å². The summed E-state index contributed by atoms with van der Waals surface area (Å²) >= 11 is 0. The summed E-state index contributed by atoms with van der Waals surface area (Å²) < 4.78 is 0. The summed E-state index contributed by atoms with van der Waals surface area (Å²) in [6.07, 6.45) is 9.39. The van der Waals surface area contributed by atoms with Crippen LogP contribution in [0, 0.1) is 12.3 Å². The molecule has 0 saturated carbocycles. The van der Waals surface area contributed by atoms with Crippen LogP contribution < -0.4 is 11.1 Å². The fraction of sp³-hybridized carbons (Fsp3) is 0.353. The molecule has 0 aliphatic heterocycles. The number of nitrogens with one attached hydrogen (secondary N) is 1. The number of hydrogen-bond acceptors (Lipinski definition) is 3. The normalized spacial score (nSPS) is 13.8. The Balaban J connectivity index is 2.32. The molecule has 3 N–H and O–H groups in total. The molecular weight excluding hydrogens is 246 g/mol. The first-order valence-corrected chi connectivity index (χ1v) is 7.06. The van der Waals surface area contributed by atoms with E-state index in [9.17, 15) is 0 Å². The predicted molar refractivity (Wildman–Crippen MR) is 84.2 cm³/mol. The number of fused-ring (bicyclic) bond motifs is 1. The number of para-hydroxylation sites is 1. The Labute approximate surface area is 120 Å². The maximum Gasteiger partial charge on any atom is 0.0750 e. The van der Waals surface area contributed by atoms with Gasteiger partial charge in [0, 0.05) is 24.2 Å². The second-order valence-corrected chi connectivity index (χ2v) is 4.89. The van der Waals surface area contributed by atoms with Gasteiger partial charge in [0.15, 0.2) is 0 Å². The number of benzene rings is 1. The van der Waals surface area contributed by atoms with Gasteiger partial charge in [-0.25, -0.2) is 0 Å². The highest BCUT2D eigenvalue weighted by Crippen LogP contribution is 2.22. The molecule has 0 amide bonds. The van der Waals surface area contributed by atoms with E-state index in [1.165, 1.54) is 0 Å². The lowest BCUT2D eigenvalue weighted by Crippen LogP contribution is -2.36. The first-order chi connectivity index (χ1) is 9.80. The molecular formula is C17H21N3. The van der Waals surface area contributed by atoms with Gasteiger partial charge in [-0.3, -0.25) is 10.3 Å². The van der Waals surface area contributed by atoms with Gasteiger partial charge in [-0.1, -0.05) is 43.5 Å². The minimum absolute atomic E-state index is 0.0289. The lowest BCUT2D eigenvalue weighted by Gasteiger charge is -2.22. The molecule has 3 heteroatoms. The molecule has 0 aliphatic rings. The molecule has 3 nitrogen and oxygen atoms in total. The average molecular weight is 267 g/mol. The van der Waals surface area contributed by atoms with Crippen LogP contribution in [0.25, 0.3) is 10.9 Å². The highest BCUT2D eigenvalue weighted by atomic mass is 15.0. The maximum absolute atomic E-state index is 5.94. The summed E-state index contributed by atoms with van der Waals surface area (Å²) in [5, 5.41) is 4.58. The van der Waals surface area contributed by atoms with Crippen molar-refractivity contribution >= 4 is 10.9 Å². The maximum atomic E-state index is 5.94. The zero-order chi connectivity index (χ0) is 14.4. The van der Waals surface area contributed by atoms with Crippen molar-refractivity contribution in [1.29, 1.82) is 0 Å². The molecule has 1 aromatic heterocycles. The van der Waals surface area contributed by atoms with Crippen molar-refractivity contribution in [3.63, 3.8) is 0 Å². The number of nitrogens with two attached hydrogens (primary N) is 1. The van der Waals surface area contributed by atoms with Crippen LogP contribution in [0.15, 0.2) is 36.5 Å². The van der Waals surface area contributed by atoms with Crippen molar-refractivity contribution in [1.82, 2.24) is 10.3 Å². The Morgan fingerprint density at radius 2 is 2.15 bits per heavy atom. The zero-order valence-corrected chi connectivity index (χ0v) is 11.8. The van der Waals surface area contributed by atoms with Crippen LogP contribution in [0.3, 0.4) is 0 Å². The van der Waals surface area contributed by atoms with Gasteiger partial charge in [0.1, 0.15) is 0 Å². The molecule has 2 atom stereocenters. The Bertz CT molecular complexity index is 595. The molecule has 104 valence electrons. The molecule has 1 aromatic carbocycles. The van der Waals surface area contributed by atoms with Crippen molar-refractivity contribution < 1.29 is 0 Å². The van der Waals surface area contributed by atoms with E-state index >= 15 is 0 Å². The Morgan fingerprint density at radius 3 is 2.85 bits per heavy atom. The SMILES string of the molecule is C#CC(CCC)NC(CN)c1cccc2cccnc12. The summed E-state index contributed by atoms with van der Waals surface area (Å²) in [5.41, 5.74) is 8.04. The van der Waals surface area contributed by atoms with Gasteiger partial charge >= 0.3 is 0 Å². The summed E-state index contributed by atoms with van der Waals surface area (Å²) in [6, 6.07) is 10.2. The number of rotatable bonds is 6. The van der Waals surface area contributed by atoms with Crippen LogP contribution in [0.4, 0.5) is 0 Å². The standard InChI is InChI=1S/C17H21N3/c1-3-7-14(4-2)20-16(12-18)15-10-5-8-13-9-6-11-19-17(13)15/h2,5-6,8-11,14,16,20H,3,7,12,18H2,1H3. The Morgan fingerprint density at radius 1 is 1.35 bits per heavy atom. The highest BCUT2D eigenvalue weighted by molar-refractivity contribution is 5.82. The van der Waals surface area contributed by atoms with Crippen LogP contribution in [0.5, 0.6) is 0 Å². The molecule has 2 rings (SSSR count). The minimum Gasteiger partial charge on any atom is -0.329 e. The molecule has 20 heavy (non-hydrogen) atoms. The first-order valence-electron chi connectivity index (χ1n) is 7.06. The molecule has 0 aliphatic carbocycles. The Kier molecular flexibility index (Phi) is 5.11. The van der Waals surface area contributed by atoms with E-state index in [1.54, 1.807) is 0 Å². The minimum atomic E-state index is 0.0289. The fourth-order valence-corrected chi connectivity index (χ4v) is 2.44. The molecule has 0 radical (unpaired) electrons. The van der Waals surface area contributed by atoms with Gasteiger partial charge in [-0.2, -0.15) is 0 Å². The second-order valence-electron chi connectivity index (χ2n) is 4.89. The average Bonchev–Trinajstić information content (AvgIpc) is 2.51. The third-order valence-electron chi connectivity index (χ3n) is 3.46.